The van der Waals surface area contributed by atoms with Gasteiger partial charge in [-0.05, 0) is 34.1 Å². The number of benzene rings is 1. The summed E-state index contributed by atoms with van der Waals surface area (Å²) in [6, 6.07) is 11.2. The molecule has 2 aromatic heterocycles. The second kappa shape index (κ2) is 5.49. The van der Waals surface area contributed by atoms with Crippen molar-refractivity contribution in [2.24, 2.45) is 0 Å². The van der Waals surface area contributed by atoms with Crippen LogP contribution in [0.25, 0.3) is 10.9 Å². The van der Waals surface area contributed by atoms with Crippen LogP contribution in [-0.4, -0.2) is 15.9 Å². The van der Waals surface area contributed by atoms with E-state index in [0.717, 1.165) is 10.9 Å². The number of pyridine rings is 2. The average Bonchev–Trinajstić information content (AvgIpc) is 2.49. The quantitative estimate of drug-likeness (QED) is 0.749. The number of para-hydroxylation sites is 1. The maximum absolute atomic E-state index is 12.2. The van der Waals surface area contributed by atoms with Gasteiger partial charge in [-0.15, -0.1) is 0 Å². The van der Waals surface area contributed by atoms with Gasteiger partial charge in [0.25, 0.3) is 5.91 Å². The van der Waals surface area contributed by atoms with Crippen LogP contribution in [0, 0.1) is 0 Å². The van der Waals surface area contributed by atoms with Crippen molar-refractivity contribution >= 4 is 44.2 Å². The first kappa shape index (κ1) is 13.5. The summed E-state index contributed by atoms with van der Waals surface area (Å²) in [7, 11) is 0. The Balaban J connectivity index is 1.90. The predicted molar refractivity (Wildman–Crippen MR) is 86.0 cm³/mol. The molecule has 21 heavy (non-hydrogen) atoms. The molecule has 6 heteroatoms. The van der Waals surface area contributed by atoms with E-state index in [2.05, 4.69) is 31.2 Å². The van der Waals surface area contributed by atoms with Crippen LogP contribution >= 0.6 is 15.9 Å². The molecule has 5 nitrogen and oxygen atoms in total. The Bertz CT molecular complexity index is 835. The van der Waals surface area contributed by atoms with Crippen molar-refractivity contribution in [3.05, 3.63) is 58.8 Å². The molecule has 0 saturated carbocycles. The van der Waals surface area contributed by atoms with Gasteiger partial charge in [-0.2, -0.15) is 0 Å². The van der Waals surface area contributed by atoms with Gasteiger partial charge in [0.2, 0.25) is 0 Å². The number of fused-ring (bicyclic) bond motifs is 1. The van der Waals surface area contributed by atoms with E-state index in [-0.39, 0.29) is 11.7 Å². The molecule has 1 aromatic carbocycles. The zero-order chi connectivity index (χ0) is 14.8. The fourth-order valence-electron chi connectivity index (χ4n) is 1.97. The first-order valence-corrected chi connectivity index (χ1v) is 7.00. The molecule has 1 amide bonds. The van der Waals surface area contributed by atoms with E-state index < -0.39 is 0 Å². The highest BCUT2D eigenvalue weighted by Crippen LogP contribution is 2.19. The third kappa shape index (κ3) is 2.85. The molecule has 0 radical (unpaired) electrons. The average molecular weight is 343 g/mol. The Labute approximate surface area is 129 Å². The highest BCUT2D eigenvalue weighted by molar-refractivity contribution is 9.10. The summed E-state index contributed by atoms with van der Waals surface area (Å²) in [5.74, 6) is -0.136. The molecule has 0 bridgehead atoms. The third-order valence-corrected chi connectivity index (χ3v) is 3.41. The molecule has 3 rings (SSSR count). The van der Waals surface area contributed by atoms with Crippen molar-refractivity contribution in [1.29, 1.82) is 0 Å². The molecule has 3 aromatic rings. The lowest BCUT2D eigenvalue weighted by Crippen LogP contribution is -2.15. The van der Waals surface area contributed by atoms with Gasteiger partial charge in [0.15, 0.2) is 0 Å². The number of rotatable bonds is 2. The van der Waals surface area contributed by atoms with E-state index in [1.165, 1.54) is 0 Å². The number of carbonyl (C=O) groups is 1. The molecule has 0 aliphatic rings. The fourth-order valence-corrected chi connectivity index (χ4v) is 2.30. The Morgan fingerprint density at radius 1 is 1.14 bits per heavy atom. The molecular formula is C15H11BrN4O. The standard InChI is InChI=1S/C15H11BrN4O/c16-10-6-12(14(17)19-7-10)15(21)20-11-5-9-3-1-2-4-13(9)18-8-11/h1-8H,(H2,17,19)(H,20,21). The Morgan fingerprint density at radius 2 is 1.95 bits per heavy atom. The lowest BCUT2D eigenvalue weighted by molar-refractivity contribution is 0.102. The number of nitrogens with zero attached hydrogens (tertiary/aromatic N) is 2. The molecule has 0 fully saturated rings. The van der Waals surface area contributed by atoms with Gasteiger partial charge in [0.1, 0.15) is 5.82 Å². The summed E-state index contributed by atoms with van der Waals surface area (Å²) in [6.07, 6.45) is 3.16. The maximum atomic E-state index is 12.2. The van der Waals surface area contributed by atoms with E-state index in [1.807, 2.05) is 30.3 Å². The second-order valence-corrected chi connectivity index (χ2v) is 5.37. The molecule has 0 unspecified atom stereocenters. The molecule has 104 valence electrons. The van der Waals surface area contributed by atoms with Gasteiger partial charge in [0.05, 0.1) is 23.0 Å². The SMILES string of the molecule is Nc1ncc(Br)cc1C(=O)Nc1cnc2ccccc2c1. The first-order chi connectivity index (χ1) is 10.1. The monoisotopic (exact) mass is 342 g/mol. The highest BCUT2D eigenvalue weighted by atomic mass is 79.9. The predicted octanol–water partition coefficient (Wildman–Crippen LogP) is 3.23. The smallest absolute Gasteiger partial charge is 0.259 e. The summed E-state index contributed by atoms with van der Waals surface area (Å²) in [4.78, 5) is 20.5. The number of anilines is 2. The molecule has 2 heterocycles. The zero-order valence-electron chi connectivity index (χ0n) is 10.9. The lowest BCUT2D eigenvalue weighted by Gasteiger charge is -2.08. The number of hydrogen-bond donors (Lipinski definition) is 2. The van der Waals surface area contributed by atoms with Crippen LogP contribution in [0.4, 0.5) is 11.5 Å². The van der Waals surface area contributed by atoms with Crippen molar-refractivity contribution in [3.63, 3.8) is 0 Å². The van der Waals surface area contributed by atoms with Crippen molar-refractivity contribution in [3.8, 4) is 0 Å². The molecule has 0 aliphatic carbocycles. The summed E-state index contributed by atoms with van der Waals surface area (Å²) < 4.78 is 0.693. The van der Waals surface area contributed by atoms with Crippen LogP contribution in [0.15, 0.2) is 53.3 Å². The minimum absolute atomic E-state index is 0.185. The highest BCUT2D eigenvalue weighted by Gasteiger charge is 2.12. The Kier molecular flexibility index (Phi) is 3.53. The van der Waals surface area contributed by atoms with Crippen LogP contribution in [0.3, 0.4) is 0 Å². The second-order valence-electron chi connectivity index (χ2n) is 4.46. The number of carbonyl (C=O) groups excluding carboxylic acids is 1. The van der Waals surface area contributed by atoms with E-state index in [1.54, 1.807) is 18.5 Å². The summed E-state index contributed by atoms with van der Waals surface area (Å²) in [5.41, 5.74) is 7.53. The largest absolute Gasteiger partial charge is 0.383 e. The maximum Gasteiger partial charge on any atom is 0.259 e. The van der Waals surface area contributed by atoms with Crippen LogP contribution in [-0.2, 0) is 0 Å². The molecule has 3 N–H and O–H groups in total. The van der Waals surface area contributed by atoms with Crippen molar-refractivity contribution in [1.82, 2.24) is 9.97 Å². The van der Waals surface area contributed by atoms with Crippen molar-refractivity contribution in [2.45, 2.75) is 0 Å². The van der Waals surface area contributed by atoms with E-state index >= 15 is 0 Å². The number of hydrogen-bond acceptors (Lipinski definition) is 4. The van der Waals surface area contributed by atoms with E-state index in [4.69, 9.17) is 5.73 Å². The van der Waals surface area contributed by atoms with Crippen LogP contribution in [0.5, 0.6) is 0 Å². The normalized spacial score (nSPS) is 10.5. The molecular weight excluding hydrogens is 332 g/mol. The van der Waals surface area contributed by atoms with Gasteiger partial charge < -0.3 is 11.1 Å². The molecule has 0 saturated heterocycles. The number of nitrogens with one attached hydrogen (secondary N) is 1. The summed E-state index contributed by atoms with van der Waals surface area (Å²) >= 11 is 3.27. The van der Waals surface area contributed by atoms with Crippen LogP contribution in [0.2, 0.25) is 0 Å². The van der Waals surface area contributed by atoms with Gasteiger partial charge >= 0.3 is 0 Å². The minimum Gasteiger partial charge on any atom is -0.383 e. The lowest BCUT2D eigenvalue weighted by atomic mass is 10.2. The summed E-state index contributed by atoms with van der Waals surface area (Å²) in [6.45, 7) is 0. The van der Waals surface area contributed by atoms with Gasteiger partial charge in [-0.1, -0.05) is 18.2 Å². The van der Waals surface area contributed by atoms with Crippen LogP contribution in [0.1, 0.15) is 10.4 Å². The Hall–Kier alpha value is -2.47. The number of amides is 1. The molecule has 0 spiro atoms. The Morgan fingerprint density at radius 3 is 2.81 bits per heavy atom. The number of aromatic nitrogens is 2. The minimum atomic E-state index is -0.321. The zero-order valence-corrected chi connectivity index (χ0v) is 12.5. The fraction of sp³-hybridized carbons (Fsp3) is 0. The van der Waals surface area contributed by atoms with E-state index in [0.29, 0.717) is 15.7 Å². The van der Waals surface area contributed by atoms with Crippen molar-refractivity contribution in [2.75, 3.05) is 11.1 Å². The third-order valence-electron chi connectivity index (χ3n) is 2.98. The summed E-state index contributed by atoms with van der Waals surface area (Å²) in [5, 5.41) is 3.73. The van der Waals surface area contributed by atoms with Gasteiger partial charge in [0, 0.05) is 16.1 Å². The number of nitrogens with two attached hydrogens (primary N) is 1. The molecule has 0 atom stereocenters. The number of halogens is 1. The van der Waals surface area contributed by atoms with Crippen LogP contribution < -0.4 is 11.1 Å². The van der Waals surface area contributed by atoms with E-state index in [9.17, 15) is 4.79 Å². The van der Waals surface area contributed by atoms with Gasteiger partial charge in [-0.25, -0.2) is 4.98 Å². The topological polar surface area (TPSA) is 80.9 Å². The first-order valence-electron chi connectivity index (χ1n) is 6.20. The molecule has 0 aliphatic heterocycles. The van der Waals surface area contributed by atoms with Gasteiger partial charge in [-0.3, -0.25) is 9.78 Å². The van der Waals surface area contributed by atoms with Crippen molar-refractivity contribution < 1.29 is 4.79 Å². The number of nitrogen functional groups attached to an aromatic ring is 1.